The van der Waals surface area contributed by atoms with Crippen molar-refractivity contribution >= 4 is 35.8 Å². The molecule has 8 heteroatoms. The first-order valence-corrected chi connectivity index (χ1v) is 9.19. The highest BCUT2D eigenvalue weighted by Gasteiger charge is 2.22. The van der Waals surface area contributed by atoms with Gasteiger partial charge in [0, 0.05) is 46.3 Å². The fraction of sp³-hybridized carbons (Fsp3) is 0.882. The Hall–Kier alpha value is -0.610. The highest BCUT2D eigenvalue weighted by molar-refractivity contribution is 14.0. The summed E-state index contributed by atoms with van der Waals surface area (Å²) in [5, 5.41) is 9.72. The Bertz CT molecular complexity index is 425. The normalized spacial score (nSPS) is 23.6. The van der Waals surface area contributed by atoms with E-state index in [1.807, 2.05) is 7.05 Å². The van der Waals surface area contributed by atoms with Crippen LogP contribution in [0.2, 0.25) is 0 Å². The van der Waals surface area contributed by atoms with Crippen LogP contribution < -0.4 is 16.0 Å². The average molecular weight is 466 g/mol. The summed E-state index contributed by atoms with van der Waals surface area (Å²) in [5.74, 6) is 1.71. The maximum Gasteiger partial charge on any atom is 0.233 e. The van der Waals surface area contributed by atoms with Crippen molar-refractivity contribution < 1.29 is 4.79 Å². The minimum absolute atomic E-state index is 0. The van der Waals surface area contributed by atoms with Crippen molar-refractivity contribution in [2.24, 2.45) is 10.9 Å². The number of nitrogens with one attached hydrogen (secondary N) is 3. The molecule has 2 fully saturated rings. The highest BCUT2D eigenvalue weighted by Crippen LogP contribution is 2.14. The van der Waals surface area contributed by atoms with Gasteiger partial charge in [0.25, 0.3) is 0 Å². The molecule has 3 N–H and O–H groups in total. The van der Waals surface area contributed by atoms with Crippen LogP contribution in [0.3, 0.4) is 0 Å². The molecule has 1 amide bonds. The van der Waals surface area contributed by atoms with Crippen molar-refractivity contribution in [1.29, 1.82) is 0 Å². The standard InChI is InChI=1S/C17H34N6O.HI/c1-18-16(24)13-23-9-6-15(7-10-23)21-17(19-2)20-11-14-5-4-8-22(3)12-14;/h14-15H,4-13H2,1-3H3,(H,18,24)(H2,19,20,21);1H. The molecule has 0 aromatic rings. The van der Waals surface area contributed by atoms with Crippen molar-refractivity contribution in [2.45, 2.75) is 31.7 Å². The van der Waals surface area contributed by atoms with Crippen LogP contribution in [0.4, 0.5) is 0 Å². The number of hydrogen-bond acceptors (Lipinski definition) is 4. The summed E-state index contributed by atoms with van der Waals surface area (Å²) in [7, 11) is 5.73. The van der Waals surface area contributed by atoms with E-state index in [-0.39, 0.29) is 29.9 Å². The van der Waals surface area contributed by atoms with Gasteiger partial charge in [-0.2, -0.15) is 0 Å². The largest absolute Gasteiger partial charge is 0.358 e. The molecule has 0 aliphatic carbocycles. The van der Waals surface area contributed by atoms with E-state index in [0.29, 0.717) is 18.5 Å². The predicted molar refractivity (Wildman–Crippen MR) is 114 cm³/mol. The monoisotopic (exact) mass is 466 g/mol. The van der Waals surface area contributed by atoms with Crippen molar-refractivity contribution in [3.8, 4) is 0 Å². The molecule has 1 unspecified atom stereocenters. The first-order valence-electron chi connectivity index (χ1n) is 9.19. The summed E-state index contributed by atoms with van der Waals surface area (Å²) in [6.07, 6.45) is 4.68. The predicted octanol–water partition coefficient (Wildman–Crippen LogP) is 0.322. The number of carbonyl (C=O) groups is 1. The maximum atomic E-state index is 11.4. The van der Waals surface area contributed by atoms with E-state index in [4.69, 9.17) is 0 Å². The number of carbonyl (C=O) groups excluding carboxylic acids is 1. The molecular weight excluding hydrogens is 431 g/mol. The van der Waals surface area contributed by atoms with E-state index in [1.165, 1.54) is 25.9 Å². The van der Waals surface area contributed by atoms with Crippen LogP contribution in [0.15, 0.2) is 4.99 Å². The number of nitrogens with zero attached hydrogens (tertiary/aromatic N) is 3. The molecule has 7 nitrogen and oxygen atoms in total. The van der Waals surface area contributed by atoms with Crippen molar-refractivity contribution in [3.63, 3.8) is 0 Å². The number of guanidine groups is 1. The molecular formula is C17H35IN6O. The Morgan fingerprint density at radius 1 is 1.20 bits per heavy atom. The van der Waals surface area contributed by atoms with E-state index in [9.17, 15) is 4.79 Å². The van der Waals surface area contributed by atoms with Gasteiger partial charge >= 0.3 is 0 Å². The summed E-state index contributed by atoms with van der Waals surface area (Å²) in [6.45, 7) is 5.79. The number of amides is 1. The molecule has 0 spiro atoms. The molecule has 0 bridgehead atoms. The van der Waals surface area contributed by atoms with Gasteiger partial charge in [-0.1, -0.05) is 0 Å². The van der Waals surface area contributed by atoms with Gasteiger partial charge in [0.1, 0.15) is 0 Å². The molecule has 25 heavy (non-hydrogen) atoms. The highest BCUT2D eigenvalue weighted by atomic mass is 127. The van der Waals surface area contributed by atoms with Gasteiger partial charge in [-0.3, -0.25) is 14.7 Å². The quantitative estimate of drug-likeness (QED) is 0.310. The van der Waals surface area contributed by atoms with E-state index in [1.54, 1.807) is 7.05 Å². The Kier molecular flexibility index (Phi) is 10.7. The van der Waals surface area contributed by atoms with Crippen molar-refractivity contribution in [2.75, 3.05) is 60.4 Å². The van der Waals surface area contributed by atoms with Gasteiger partial charge < -0.3 is 20.9 Å². The van der Waals surface area contributed by atoms with Gasteiger partial charge in [-0.15, -0.1) is 24.0 Å². The second kappa shape index (κ2) is 11.9. The number of rotatable bonds is 5. The molecule has 2 aliphatic rings. The van der Waals surface area contributed by atoms with E-state index >= 15 is 0 Å². The molecule has 0 saturated carbocycles. The minimum Gasteiger partial charge on any atom is -0.358 e. The molecule has 0 radical (unpaired) electrons. The second-order valence-electron chi connectivity index (χ2n) is 7.09. The lowest BCUT2D eigenvalue weighted by molar-refractivity contribution is -0.122. The topological polar surface area (TPSA) is 72.0 Å². The summed E-state index contributed by atoms with van der Waals surface area (Å²) in [4.78, 5) is 20.4. The number of aliphatic imine (C=N–C) groups is 1. The zero-order chi connectivity index (χ0) is 17.4. The summed E-state index contributed by atoms with van der Waals surface area (Å²) < 4.78 is 0. The molecule has 2 saturated heterocycles. The third kappa shape index (κ3) is 8.08. The number of halogens is 1. The second-order valence-corrected chi connectivity index (χ2v) is 7.09. The van der Waals surface area contributed by atoms with Gasteiger partial charge in [0.2, 0.25) is 5.91 Å². The molecule has 2 rings (SSSR count). The smallest absolute Gasteiger partial charge is 0.233 e. The van der Waals surface area contributed by atoms with Crippen molar-refractivity contribution in [1.82, 2.24) is 25.8 Å². The Balaban J connectivity index is 0.00000312. The summed E-state index contributed by atoms with van der Waals surface area (Å²) in [5.41, 5.74) is 0. The van der Waals surface area contributed by atoms with Crippen LogP contribution in [0.5, 0.6) is 0 Å². The van der Waals surface area contributed by atoms with Crippen LogP contribution in [0.25, 0.3) is 0 Å². The number of likely N-dealkylation sites (N-methyl/N-ethyl adjacent to an activating group) is 1. The molecule has 1 atom stereocenters. The lowest BCUT2D eigenvalue weighted by Gasteiger charge is -2.33. The van der Waals surface area contributed by atoms with E-state index in [0.717, 1.165) is 38.4 Å². The first-order chi connectivity index (χ1) is 11.6. The zero-order valence-corrected chi connectivity index (χ0v) is 18.2. The van der Waals surface area contributed by atoms with Crippen molar-refractivity contribution in [3.05, 3.63) is 0 Å². The van der Waals surface area contributed by atoms with Crippen LogP contribution in [-0.4, -0.2) is 88.1 Å². The first kappa shape index (κ1) is 22.4. The van der Waals surface area contributed by atoms with Gasteiger partial charge in [0.15, 0.2) is 5.96 Å². The molecule has 2 heterocycles. The van der Waals surface area contributed by atoms with Gasteiger partial charge in [0.05, 0.1) is 6.54 Å². The number of likely N-dealkylation sites (tertiary alicyclic amines) is 2. The minimum atomic E-state index is 0. The number of piperidine rings is 2. The van der Waals surface area contributed by atoms with E-state index in [2.05, 4.69) is 37.8 Å². The molecule has 0 aromatic heterocycles. The van der Waals surface area contributed by atoms with Crippen LogP contribution in [0, 0.1) is 5.92 Å². The molecule has 2 aliphatic heterocycles. The third-order valence-electron chi connectivity index (χ3n) is 5.08. The molecule has 146 valence electrons. The van der Waals surface area contributed by atoms with Crippen LogP contribution in [0.1, 0.15) is 25.7 Å². The zero-order valence-electron chi connectivity index (χ0n) is 15.9. The lowest BCUT2D eigenvalue weighted by Crippen LogP contribution is -2.51. The van der Waals surface area contributed by atoms with Gasteiger partial charge in [-0.05, 0) is 45.2 Å². The lowest BCUT2D eigenvalue weighted by atomic mass is 9.98. The van der Waals surface area contributed by atoms with Gasteiger partial charge in [-0.25, -0.2) is 0 Å². The van der Waals surface area contributed by atoms with Crippen LogP contribution >= 0.6 is 24.0 Å². The Morgan fingerprint density at radius 2 is 1.92 bits per heavy atom. The molecule has 0 aromatic carbocycles. The SMILES string of the molecule is CN=C(NCC1CCCN(C)C1)NC1CCN(CC(=O)NC)CC1.I. The summed E-state index contributed by atoms with van der Waals surface area (Å²) >= 11 is 0. The maximum absolute atomic E-state index is 11.4. The fourth-order valence-corrected chi connectivity index (χ4v) is 3.59. The van der Waals surface area contributed by atoms with E-state index < -0.39 is 0 Å². The third-order valence-corrected chi connectivity index (χ3v) is 5.08. The Morgan fingerprint density at radius 3 is 2.52 bits per heavy atom. The van der Waals surface area contributed by atoms with Crippen LogP contribution in [-0.2, 0) is 4.79 Å². The Labute approximate surface area is 169 Å². The summed E-state index contributed by atoms with van der Waals surface area (Å²) in [6, 6.07) is 0.436. The number of hydrogen-bond donors (Lipinski definition) is 3. The average Bonchev–Trinajstić information content (AvgIpc) is 2.60. The fourth-order valence-electron chi connectivity index (χ4n) is 3.59.